The van der Waals surface area contributed by atoms with Gasteiger partial charge in [-0.1, -0.05) is 38.1 Å². The number of benzene rings is 1. The number of nitrogens with zero attached hydrogens (tertiary/aromatic N) is 1. The molecule has 0 saturated heterocycles. The second-order valence-electron chi connectivity index (χ2n) is 4.94. The van der Waals surface area contributed by atoms with E-state index >= 15 is 0 Å². The molecule has 0 bridgehead atoms. The van der Waals surface area contributed by atoms with E-state index in [1.54, 1.807) is 0 Å². The predicted octanol–water partition coefficient (Wildman–Crippen LogP) is 3.69. The van der Waals surface area contributed by atoms with Gasteiger partial charge in [0.1, 0.15) is 0 Å². The molecule has 0 fully saturated rings. The van der Waals surface area contributed by atoms with Crippen LogP contribution in [0.1, 0.15) is 49.0 Å². The zero-order chi connectivity index (χ0) is 13.5. The van der Waals surface area contributed by atoms with Gasteiger partial charge < -0.3 is 4.90 Å². The Morgan fingerprint density at radius 2 is 1.83 bits per heavy atom. The molecule has 1 rings (SSSR count). The monoisotopic (exact) mass is 247 g/mol. The zero-order valence-corrected chi connectivity index (χ0v) is 12.1. The highest BCUT2D eigenvalue weighted by Gasteiger charge is 2.13. The molecule has 18 heavy (non-hydrogen) atoms. The molecule has 0 aliphatic carbocycles. The van der Waals surface area contributed by atoms with Gasteiger partial charge in [0, 0.05) is 24.6 Å². The fourth-order valence-corrected chi connectivity index (χ4v) is 2.39. The summed E-state index contributed by atoms with van der Waals surface area (Å²) in [6.07, 6.45) is 2.90. The van der Waals surface area contributed by atoms with Gasteiger partial charge in [-0.2, -0.15) is 0 Å². The Morgan fingerprint density at radius 1 is 1.22 bits per heavy atom. The summed E-state index contributed by atoms with van der Waals surface area (Å²) in [6.45, 7) is 7.25. The molecule has 0 unspecified atom stereocenters. The normalized spacial score (nSPS) is 11.2. The summed E-state index contributed by atoms with van der Waals surface area (Å²) in [4.78, 5) is 14.4. The molecular weight excluding hydrogens is 222 g/mol. The Morgan fingerprint density at radius 3 is 2.39 bits per heavy atom. The molecule has 0 atom stereocenters. The smallest absolute Gasteiger partial charge is 0.164 e. The van der Waals surface area contributed by atoms with E-state index in [1.165, 1.54) is 0 Å². The Balaban J connectivity index is 2.54. The summed E-state index contributed by atoms with van der Waals surface area (Å²) in [5, 5.41) is 0. The summed E-state index contributed by atoms with van der Waals surface area (Å²) in [5.74, 6) is 0.255. The third-order valence-corrected chi connectivity index (χ3v) is 3.70. The first-order valence-electron chi connectivity index (χ1n) is 6.89. The quantitative estimate of drug-likeness (QED) is 0.685. The van der Waals surface area contributed by atoms with E-state index in [2.05, 4.69) is 25.8 Å². The topological polar surface area (TPSA) is 20.3 Å². The van der Waals surface area contributed by atoms with Gasteiger partial charge in [-0.05, 0) is 32.4 Å². The van der Waals surface area contributed by atoms with Crippen LogP contribution in [0.5, 0.6) is 0 Å². The van der Waals surface area contributed by atoms with Gasteiger partial charge in [0.05, 0.1) is 0 Å². The molecule has 0 amide bonds. The van der Waals surface area contributed by atoms with Gasteiger partial charge >= 0.3 is 0 Å². The van der Waals surface area contributed by atoms with Crippen molar-refractivity contribution in [3.8, 4) is 0 Å². The minimum Gasteiger partial charge on any atom is -0.303 e. The van der Waals surface area contributed by atoms with E-state index in [1.807, 2.05) is 31.2 Å². The van der Waals surface area contributed by atoms with Crippen molar-refractivity contribution < 1.29 is 4.79 Å². The summed E-state index contributed by atoms with van der Waals surface area (Å²) in [5.41, 5.74) is 1.95. The minimum absolute atomic E-state index is 0.255. The lowest BCUT2D eigenvalue weighted by atomic mass is 10.0. The average Bonchev–Trinajstić information content (AvgIpc) is 2.38. The van der Waals surface area contributed by atoms with Crippen LogP contribution < -0.4 is 0 Å². The van der Waals surface area contributed by atoms with Crippen molar-refractivity contribution in [2.75, 3.05) is 13.6 Å². The first-order valence-corrected chi connectivity index (χ1v) is 6.89. The number of carbonyl (C=O) groups excluding carboxylic acids is 1. The largest absolute Gasteiger partial charge is 0.303 e. The molecule has 0 N–H and O–H groups in total. The van der Waals surface area contributed by atoms with Crippen molar-refractivity contribution >= 4 is 5.78 Å². The van der Waals surface area contributed by atoms with Crippen LogP contribution in [0.4, 0.5) is 0 Å². The van der Waals surface area contributed by atoms with Gasteiger partial charge in [0.2, 0.25) is 0 Å². The third-order valence-electron chi connectivity index (χ3n) is 3.70. The van der Waals surface area contributed by atoms with Crippen LogP contribution in [-0.2, 0) is 0 Å². The van der Waals surface area contributed by atoms with Crippen molar-refractivity contribution in [2.45, 2.75) is 46.1 Å². The minimum atomic E-state index is 0.255. The predicted molar refractivity (Wildman–Crippen MR) is 77.1 cm³/mol. The first kappa shape index (κ1) is 14.9. The summed E-state index contributed by atoms with van der Waals surface area (Å²) in [6, 6.07) is 8.43. The highest BCUT2D eigenvalue weighted by molar-refractivity contribution is 5.97. The Kier molecular flexibility index (Phi) is 6.06. The van der Waals surface area contributed by atoms with Gasteiger partial charge in [-0.15, -0.1) is 0 Å². The van der Waals surface area contributed by atoms with E-state index in [9.17, 15) is 4.79 Å². The molecule has 0 spiro atoms. The number of hydrogen-bond donors (Lipinski definition) is 0. The Labute approximate surface area is 111 Å². The molecule has 2 heteroatoms. The fourth-order valence-electron chi connectivity index (χ4n) is 2.39. The summed E-state index contributed by atoms with van der Waals surface area (Å²) < 4.78 is 0. The van der Waals surface area contributed by atoms with Crippen LogP contribution in [0.25, 0.3) is 0 Å². The SMILES string of the molecule is CCC(CC)N(C)CCC(=O)c1ccccc1C. The van der Waals surface area contributed by atoms with E-state index in [4.69, 9.17) is 0 Å². The van der Waals surface area contributed by atoms with Crippen LogP contribution in [0.2, 0.25) is 0 Å². The molecule has 0 heterocycles. The van der Waals surface area contributed by atoms with Crippen molar-refractivity contribution in [1.82, 2.24) is 4.90 Å². The van der Waals surface area contributed by atoms with E-state index < -0.39 is 0 Å². The zero-order valence-electron chi connectivity index (χ0n) is 12.1. The molecule has 2 nitrogen and oxygen atoms in total. The molecule has 0 aliphatic rings. The second kappa shape index (κ2) is 7.32. The number of hydrogen-bond acceptors (Lipinski definition) is 2. The first-order chi connectivity index (χ1) is 8.60. The summed E-state index contributed by atoms with van der Waals surface area (Å²) >= 11 is 0. The average molecular weight is 247 g/mol. The third kappa shape index (κ3) is 3.95. The molecule has 0 aliphatic heterocycles. The number of rotatable bonds is 7. The lowest BCUT2D eigenvalue weighted by molar-refractivity contribution is 0.0958. The standard InChI is InChI=1S/C16H25NO/c1-5-14(6-2)17(4)12-11-16(18)15-10-8-7-9-13(15)3/h7-10,14H,5-6,11-12H2,1-4H3. The van der Waals surface area contributed by atoms with E-state index in [0.29, 0.717) is 12.5 Å². The number of Topliss-reactive ketones (excluding diaryl/α,β-unsaturated/α-hetero) is 1. The highest BCUT2D eigenvalue weighted by atomic mass is 16.1. The number of carbonyl (C=O) groups is 1. The van der Waals surface area contributed by atoms with Crippen molar-refractivity contribution in [3.63, 3.8) is 0 Å². The van der Waals surface area contributed by atoms with Crippen LogP contribution in [-0.4, -0.2) is 30.3 Å². The number of ketones is 1. The van der Waals surface area contributed by atoms with Gasteiger partial charge in [-0.25, -0.2) is 0 Å². The molecule has 0 saturated carbocycles. The maximum Gasteiger partial charge on any atom is 0.164 e. The second-order valence-corrected chi connectivity index (χ2v) is 4.94. The highest BCUT2D eigenvalue weighted by Crippen LogP contribution is 2.12. The van der Waals surface area contributed by atoms with Gasteiger partial charge in [0.15, 0.2) is 5.78 Å². The van der Waals surface area contributed by atoms with Crippen molar-refractivity contribution in [2.24, 2.45) is 0 Å². The summed E-state index contributed by atoms with van der Waals surface area (Å²) in [7, 11) is 2.11. The van der Waals surface area contributed by atoms with Gasteiger partial charge in [-0.3, -0.25) is 4.79 Å². The maximum atomic E-state index is 12.1. The van der Waals surface area contributed by atoms with Gasteiger partial charge in [0.25, 0.3) is 0 Å². The molecule has 1 aromatic carbocycles. The molecule has 0 aromatic heterocycles. The van der Waals surface area contributed by atoms with E-state index in [-0.39, 0.29) is 5.78 Å². The van der Waals surface area contributed by atoms with E-state index in [0.717, 1.165) is 30.5 Å². The van der Waals surface area contributed by atoms with Crippen molar-refractivity contribution in [1.29, 1.82) is 0 Å². The van der Waals surface area contributed by atoms with Crippen LogP contribution in [0, 0.1) is 6.92 Å². The molecular formula is C16H25NO. The van der Waals surface area contributed by atoms with Crippen molar-refractivity contribution in [3.05, 3.63) is 35.4 Å². The fraction of sp³-hybridized carbons (Fsp3) is 0.562. The van der Waals surface area contributed by atoms with Crippen LogP contribution in [0.3, 0.4) is 0 Å². The van der Waals surface area contributed by atoms with Crippen LogP contribution in [0.15, 0.2) is 24.3 Å². The lowest BCUT2D eigenvalue weighted by Gasteiger charge is -2.25. The number of aryl methyl sites for hydroxylation is 1. The Bertz CT molecular complexity index is 382. The molecule has 1 aromatic rings. The maximum absolute atomic E-state index is 12.1. The Hall–Kier alpha value is -1.15. The molecule has 0 radical (unpaired) electrons. The molecule has 100 valence electrons. The lowest BCUT2D eigenvalue weighted by Crippen LogP contribution is -2.32. The van der Waals surface area contributed by atoms with Crippen LogP contribution >= 0.6 is 0 Å².